The molecule has 0 bridgehead atoms. The van der Waals surface area contributed by atoms with E-state index in [-0.39, 0.29) is 30.9 Å². The van der Waals surface area contributed by atoms with Crippen LogP contribution in [-0.2, 0) is 29.1 Å². The molecule has 1 atom stereocenters. The Morgan fingerprint density at radius 2 is 1.81 bits per heavy atom. The van der Waals surface area contributed by atoms with Gasteiger partial charge in [-0.2, -0.15) is 4.72 Å². The summed E-state index contributed by atoms with van der Waals surface area (Å²) in [7, 11) is -4.04. The number of carboxylic acids is 1. The van der Waals surface area contributed by atoms with E-state index in [1.54, 1.807) is 26.0 Å². The van der Waals surface area contributed by atoms with Crippen LogP contribution in [-0.4, -0.2) is 50.6 Å². The fraction of sp³-hybridized carbons (Fsp3) is 0.438. The van der Waals surface area contributed by atoms with E-state index < -0.39 is 33.9 Å². The highest BCUT2D eigenvalue weighted by atomic mass is 32.2. The van der Waals surface area contributed by atoms with E-state index in [0.717, 1.165) is 5.56 Å². The van der Waals surface area contributed by atoms with Crippen LogP contribution in [0.25, 0.3) is 0 Å². The molecule has 0 aromatic heterocycles. The maximum absolute atomic E-state index is 12.3. The SMILES string of the molecule is CCOC(=O)CNC(=O)CC[C@H](NS(=O)(=O)c1ccc(C)cc1)C(=O)O. The van der Waals surface area contributed by atoms with Gasteiger partial charge in [0.25, 0.3) is 0 Å². The van der Waals surface area contributed by atoms with Crippen LogP contribution in [0.5, 0.6) is 0 Å². The number of benzene rings is 1. The van der Waals surface area contributed by atoms with E-state index in [1.807, 2.05) is 0 Å². The van der Waals surface area contributed by atoms with Crippen LogP contribution in [0.4, 0.5) is 0 Å². The van der Waals surface area contributed by atoms with Crippen LogP contribution < -0.4 is 10.0 Å². The summed E-state index contributed by atoms with van der Waals surface area (Å²) in [4.78, 5) is 34.0. The van der Waals surface area contributed by atoms with Crippen molar-refractivity contribution in [2.45, 2.75) is 37.6 Å². The highest BCUT2D eigenvalue weighted by molar-refractivity contribution is 7.89. The number of aliphatic carboxylic acids is 1. The van der Waals surface area contributed by atoms with Crippen molar-refractivity contribution in [1.29, 1.82) is 0 Å². The fourth-order valence-corrected chi connectivity index (χ4v) is 3.18. The summed E-state index contributed by atoms with van der Waals surface area (Å²) in [5, 5.41) is 11.5. The lowest BCUT2D eigenvalue weighted by atomic mass is 10.1. The molecule has 0 heterocycles. The molecule has 1 amide bonds. The molecule has 1 aromatic carbocycles. The molecule has 0 aliphatic rings. The number of aryl methyl sites for hydroxylation is 1. The summed E-state index contributed by atoms with van der Waals surface area (Å²) >= 11 is 0. The minimum absolute atomic E-state index is 0.0684. The molecular weight excluding hydrogens is 364 g/mol. The molecule has 144 valence electrons. The van der Waals surface area contributed by atoms with Crippen LogP contribution >= 0.6 is 0 Å². The number of carbonyl (C=O) groups excluding carboxylic acids is 2. The third-order valence-corrected chi connectivity index (χ3v) is 4.81. The maximum Gasteiger partial charge on any atom is 0.325 e. The topological polar surface area (TPSA) is 139 Å². The van der Waals surface area contributed by atoms with Gasteiger partial charge in [-0.1, -0.05) is 17.7 Å². The van der Waals surface area contributed by atoms with E-state index in [4.69, 9.17) is 0 Å². The Labute approximate surface area is 151 Å². The lowest BCUT2D eigenvalue weighted by Crippen LogP contribution is -2.41. The van der Waals surface area contributed by atoms with Crippen molar-refractivity contribution < 1.29 is 32.6 Å². The largest absolute Gasteiger partial charge is 0.480 e. The summed E-state index contributed by atoms with van der Waals surface area (Å²) in [6, 6.07) is 4.43. The van der Waals surface area contributed by atoms with Gasteiger partial charge in [0.15, 0.2) is 0 Å². The second-order valence-corrected chi connectivity index (χ2v) is 7.16. The smallest absolute Gasteiger partial charge is 0.325 e. The number of hydrogen-bond donors (Lipinski definition) is 3. The number of amides is 1. The zero-order valence-corrected chi connectivity index (χ0v) is 15.3. The monoisotopic (exact) mass is 386 g/mol. The molecule has 10 heteroatoms. The summed E-state index contributed by atoms with van der Waals surface area (Å²) in [6.45, 7) is 3.26. The Hall–Kier alpha value is -2.46. The first-order valence-corrected chi connectivity index (χ1v) is 9.38. The van der Waals surface area contributed by atoms with Crippen molar-refractivity contribution in [2.75, 3.05) is 13.2 Å². The van der Waals surface area contributed by atoms with Crippen molar-refractivity contribution in [3.63, 3.8) is 0 Å². The van der Waals surface area contributed by atoms with Crippen LogP contribution in [0.1, 0.15) is 25.3 Å². The Kier molecular flexibility index (Phi) is 8.20. The number of carbonyl (C=O) groups is 3. The molecule has 0 spiro atoms. The van der Waals surface area contributed by atoms with E-state index in [2.05, 4.69) is 14.8 Å². The van der Waals surface area contributed by atoms with Crippen molar-refractivity contribution in [1.82, 2.24) is 10.0 Å². The highest BCUT2D eigenvalue weighted by Crippen LogP contribution is 2.12. The number of hydrogen-bond acceptors (Lipinski definition) is 6. The normalized spacial score (nSPS) is 12.2. The first kappa shape index (κ1) is 21.6. The van der Waals surface area contributed by atoms with Crippen LogP contribution in [0.3, 0.4) is 0 Å². The molecular formula is C16H22N2O7S. The molecule has 1 rings (SSSR count). The number of sulfonamides is 1. The molecule has 1 aromatic rings. The van der Waals surface area contributed by atoms with Gasteiger partial charge in [0, 0.05) is 6.42 Å². The average molecular weight is 386 g/mol. The van der Waals surface area contributed by atoms with Crippen LogP contribution in [0.15, 0.2) is 29.2 Å². The van der Waals surface area contributed by atoms with Gasteiger partial charge in [-0.25, -0.2) is 8.42 Å². The molecule has 0 unspecified atom stereocenters. The number of esters is 1. The second-order valence-electron chi connectivity index (χ2n) is 5.45. The predicted octanol–water partition coefficient (Wildman–Crippen LogP) is 0.186. The van der Waals surface area contributed by atoms with E-state index in [9.17, 15) is 27.9 Å². The van der Waals surface area contributed by atoms with Gasteiger partial charge in [-0.15, -0.1) is 0 Å². The minimum atomic E-state index is -4.04. The Morgan fingerprint density at radius 1 is 1.19 bits per heavy atom. The molecule has 0 saturated heterocycles. The van der Waals surface area contributed by atoms with Gasteiger partial charge in [0.1, 0.15) is 12.6 Å². The zero-order valence-electron chi connectivity index (χ0n) is 14.5. The summed E-state index contributed by atoms with van der Waals surface area (Å²) in [6.07, 6.45) is -0.540. The van der Waals surface area contributed by atoms with Gasteiger partial charge in [-0.05, 0) is 32.4 Å². The van der Waals surface area contributed by atoms with E-state index in [1.165, 1.54) is 12.1 Å². The van der Waals surface area contributed by atoms with Gasteiger partial charge in [-0.3, -0.25) is 14.4 Å². The van der Waals surface area contributed by atoms with E-state index >= 15 is 0 Å². The number of rotatable bonds is 10. The van der Waals surface area contributed by atoms with Crippen LogP contribution in [0, 0.1) is 6.92 Å². The van der Waals surface area contributed by atoms with Gasteiger partial charge < -0.3 is 15.2 Å². The quantitative estimate of drug-likeness (QED) is 0.488. The molecule has 26 heavy (non-hydrogen) atoms. The number of carboxylic acid groups (broad SMARTS) is 1. The summed E-state index contributed by atoms with van der Waals surface area (Å²) < 4.78 is 31.2. The predicted molar refractivity (Wildman–Crippen MR) is 91.8 cm³/mol. The average Bonchev–Trinajstić information content (AvgIpc) is 2.57. The van der Waals surface area contributed by atoms with Crippen molar-refractivity contribution in [3.05, 3.63) is 29.8 Å². The molecule has 3 N–H and O–H groups in total. The van der Waals surface area contributed by atoms with Crippen molar-refractivity contribution >= 4 is 27.9 Å². The summed E-state index contributed by atoms with van der Waals surface area (Å²) in [5.41, 5.74) is 0.858. The first-order chi connectivity index (χ1) is 12.2. The lowest BCUT2D eigenvalue weighted by Gasteiger charge is -2.15. The summed E-state index contributed by atoms with van der Waals surface area (Å²) in [5.74, 6) is -2.60. The van der Waals surface area contributed by atoms with Crippen molar-refractivity contribution in [3.8, 4) is 0 Å². The second kappa shape index (κ2) is 9.88. The maximum atomic E-state index is 12.3. The molecule has 9 nitrogen and oxygen atoms in total. The first-order valence-electron chi connectivity index (χ1n) is 7.90. The zero-order chi connectivity index (χ0) is 19.7. The molecule has 0 fully saturated rings. The Morgan fingerprint density at radius 3 is 2.35 bits per heavy atom. The molecule has 0 aliphatic carbocycles. The van der Waals surface area contributed by atoms with E-state index in [0.29, 0.717) is 0 Å². The fourth-order valence-electron chi connectivity index (χ4n) is 1.95. The van der Waals surface area contributed by atoms with Crippen LogP contribution in [0.2, 0.25) is 0 Å². The third-order valence-electron chi connectivity index (χ3n) is 3.32. The number of nitrogens with one attached hydrogen (secondary N) is 2. The Bertz CT molecular complexity index is 744. The van der Waals surface area contributed by atoms with Gasteiger partial charge >= 0.3 is 11.9 Å². The van der Waals surface area contributed by atoms with Gasteiger partial charge in [0.05, 0.1) is 11.5 Å². The number of ether oxygens (including phenoxy) is 1. The molecule has 0 saturated carbocycles. The molecule has 0 radical (unpaired) electrons. The Balaban J connectivity index is 2.63. The third kappa shape index (κ3) is 7.19. The van der Waals surface area contributed by atoms with Gasteiger partial charge in [0.2, 0.25) is 15.9 Å². The minimum Gasteiger partial charge on any atom is -0.480 e. The van der Waals surface area contributed by atoms with Crippen molar-refractivity contribution in [2.24, 2.45) is 0 Å². The highest BCUT2D eigenvalue weighted by Gasteiger charge is 2.26. The molecule has 0 aliphatic heterocycles. The standard InChI is InChI=1S/C16H22N2O7S/c1-3-25-15(20)10-17-14(19)9-8-13(16(21)22)18-26(23,24)12-6-4-11(2)5-7-12/h4-7,13,18H,3,8-10H2,1-2H3,(H,17,19)(H,21,22)/t13-/m0/s1. The lowest BCUT2D eigenvalue weighted by molar-refractivity contribution is -0.143.